The zero-order chi connectivity index (χ0) is 35.7. The van der Waals surface area contributed by atoms with Crippen LogP contribution in [0.4, 0.5) is 0 Å². The average Bonchev–Trinajstić information content (AvgIpc) is 3.44. The highest BCUT2D eigenvalue weighted by Crippen LogP contribution is 2.35. The van der Waals surface area contributed by atoms with E-state index < -0.39 is 30.6 Å². The topological polar surface area (TPSA) is 102 Å². The molecule has 3 unspecified atom stereocenters. The quantitative estimate of drug-likeness (QED) is 0.0496. The minimum absolute atomic E-state index is 0.188. The van der Waals surface area contributed by atoms with E-state index in [2.05, 4.69) is 13.8 Å². The predicted molar refractivity (Wildman–Crippen MR) is 201 cm³/mol. The van der Waals surface area contributed by atoms with Crippen molar-refractivity contribution < 1.29 is 34.0 Å². The molecule has 0 aromatic carbocycles. The van der Waals surface area contributed by atoms with E-state index in [1.807, 2.05) is 0 Å². The van der Waals surface area contributed by atoms with Crippen molar-refractivity contribution in [2.24, 2.45) is 0 Å². The standard InChI is InChI=1S/C42H80O7/c1-3-5-7-9-11-13-15-17-19-21-23-25-27-29-31-33-40(45)47-39-35-38(36-43)48-42(39,37-44)49-41(46)34-32-30-28-26-24-22-20-18-16-14-12-10-8-6-4-2/h38-39,43-44H,3-37H2,1-2H3. The zero-order valence-electron chi connectivity index (χ0n) is 32.3. The Bertz CT molecular complexity index is 759. The summed E-state index contributed by atoms with van der Waals surface area (Å²) in [5.74, 6) is -2.59. The SMILES string of the molecule is CCCCCCCCCCCCCCCCCC(=O)OC1CC(CO)OC1(CO)OC(=O)CCCCCCCCCCCCCCCCC. The summed E-state index contributed by atoms with van der Waals surface area (Å²) in [6.07, 6.45) is 36.8. The van der Waals surface area contributed by atoms with Gasteiger partial charge in [0.2, 0.25) is 0 Å². The smallest absolute Gasteiger partial charge is 0.308 e. The van der Waals surface area contributed by atoms with Gasteiger partial charge in [0.1, 0.15) is 6.61 Å². The molecule has 0 aromatic rings. The molecule has 1 saturated heterocycles. The number of carbonyl (C=O) groups excluding carboxylic acids is 2. The lowest BCUT2D eigenvalue weighted by atomic mass is 10.0. The molecule has 0 bridgehead atoms. The van der Waals surface area contributed by atoms with E-state index in [-0.39, 0.29) is 31.8 Å². The van der Waals surface area contributed by atoms with Crippen LogP contribution in [0.2, 0.25) is 0 Å². The Kier molecular flexibility index (Phi) is 30.6. The van der Waals surface area contributed by atoms with Crippen molar-refractivity contribution in [1.29, 1.82) is 0 Å². The first-order valence-corrected chi connectivity index (χ1v) is 21.3. The summed E-state index contributed by atoms with van der Waals surface area (Å²) in [5, 5.41) is 19.9. The van der Waals surface area contributed by atoms with Crippen LogP contribution in [-0.4, -0.2) is 53.4 Å². The summed E-state index contributed by atoms with van der Waals surface area (Å²) in [4.78, 5) is 25.4. The van der Waals surface area contributed by atoms with Crippen LogP contribution in [0.15, 0.2) is 0 Å². The molecule has 1 aliphatic heterocycles. The third kappa shape index (κ3) is 24.6. The van der Waals surface area contributed by atoms with E-state index in [4.69, 9.17) is 14.2 Å². The van der Waals surface area contributed by atoms with Crippen molar-refractivity contribution in [3.05, 3.63) is 0 Å². The van der Waals surface area contributed by atoms with E-state index >= 15 is 0 Å². The van der Waals surface area contributed by atoms with Gasteiger partial charge in [0.05, 0.1) is 12.7 Å². The number of carbonyl (C=O) groups is 2. The zero-order valence-corrected chi connectivity index (χ0v) is 32.3. The van der Waals surface area contributed by atoms with E-state index in [9.17, 15) is 19.8 Å². The summed E-state index contributed by atoms with van der Waals surface area (Å²) in [5.41, 5.74) is 0. The number of aliphatic hydroxyl groups excluding tert-OH is 2. The molecule has 0 amide bonds. The van der Waals surface area contributed by atoms with Gasteiger partial charge in [0.15, 0.2) is 6.10 Å². The van der Waals surface area contributed by atoms with Crippen LogP contribution >= 0.6 is 0 Å². The molecule has 1 aliphatic rings. The summed E-state index contributed by atoms with van der Waals surface area (Å²) in [6, 6.07) is 0. The number of unbranched alkanes of at least 4 members (excludes halogenated alkanes) is 28. The normalized spacial score (nSPS) is 19.0. The van der Waals surface area contributed by atoms with Crippen LogP contribution in [0.3, 0.4) is 0 Å². The van der Waals surface area contributed by atoms with Gasteiger partial charge >= 0.3 is 11.9 Å². The minimum Gasteiger partial charge on any atom is -0.455 e. The van der Waals surface area contributed by atoms with Crippen molar-refractivity contribution in [1.82, 2.24) is 0 Å². The Hall–Kier alpha value is -1.18. The number of esters is 2. The lowest BCUT2D eigenvalue weighted by Gasteiger charge is -2.31. The molecule has 3 atom stereocenters. The van der Waals surface area contributed by atoms with Gasteiger partial charge in [-0.25, -0.2) is 0 Å². The van der Waals surface area contributed by atoms with Gasteiger partial charge in [0, 0.05) is 19.3 Å². The fourth-order valence-electron chi connectivity index (χ4n) is 7.08. The van der Waals surface area contributed by atoms with E-state index in [1.165, 1.54) is 154 Å². The number of hydrogen-bond donors (Lipinski definition) is 2. The lowest BCUT2D eigenvalue weighted by molar-refractivity contribution is -0.268. The molecule has 0 spiro atoms. The first-order chi connectivity index (χ1) is 24.0. The van der Waals surface area contributed by atoms with Crippen molar-refractivity contribution in [2.75, 3.05) is 13.2 Å². The Morgan fingerprint density at radius 3 is 1.18 bits per heavy atom. The molecule has 0 radical (unpaired) electrons. The number of aliphatic hydroxyl groups is 2. The van der Waals surface area contributed by atoms with Gasteiger partial charge in [-0.3, -0.25) is 9.59 Å². The molecular formula is C42H80O7. The second-order valence-electron chi connectivity index (χ2n) is 15.0. The second-order valence-corrected chi connectivity index (χ2v) is 15.0. The Morgan fingerprint density at radius 1 is 0.531 bits per heavy atom. The molecule has 2 N–H and O–H groups in total. The summed E-state index contributed by atoms with van der Waals surface area (Å²) >= 11 is 0. The molecule has 1 heterocycles. The van der Waals surface area contributed by atoms with Gasteiger partial charge in [-0.2, -0.15) is 0 Å². The Morgan fingerprint density at radius 2 is 0.857 bits per heavy atom. The third-order valence-corrected chi connectivity index (χ3v) is 10.3. The monoisotopic (exact) mass is 697 g/mol. The van der Waals surface area contributed by atoms with Crippen LogP contribution in [0, 0.1) is 0 Å². The molecule has 1 fully saturated rings. The van der Waals surface area contributed by atoms with E-state index in [0.29, 0.717) is 6.42 Å². The molecule has 1 rings (SSSR count). The third-order valence-electron chi connectivity index (χ3n) is 10.3. The minimum atomic E-state index is -1.75. The molecule has 0 saturated carbocycles. The second kappa shape index (κ2) is 32.7. The van der Waals surface area contributed by atoms with Crippen molar-refractivity contribution in [2.45, 2.75) is 244 Å². The van der Waals surface area contributed by atoms with Gasteiger partial charge in [-0.1, -0.05) is 194 Å². The molecule has 0 aliphatic carbocycles. The highest BCUT2D eigenvalue weighted by Gasteiger charge is 2.54. The Balaban J connectivity index is 2.14. The van der Waals surface area contributed by atoms with Gasteiger partial charge in [-0.05, 0) is 12.8 Å². The van der Waals surface area contributed by atoms with Crippen LogP contribution < -0.4 is 0 Å². The maximum Gasteiger partial charge on any atom is 0.308 e. The number of rotatable bonds is 36. The predicted octanol–water partition coefficient (Wildman–Crippen LogP) is 11.4. The maximum atomic E-state index is 12.7. The highest BCUT2D eigenvalue weighted by atomic mass is 16.8. The highest BCUT2D eigenvalue weighted by molar-refractivity contribution is 5.71. The first kappa shape index (κ1) is 45.8. The fraction of sp³-hybridized carbons (Fsp3) is 0.952. The maximum absolute atomic E-state index is 12.7. The molecule has 7 heteroatoms. The summed E-state index contributed by atoms with van der Waals surface area (Å²) in [7, 11) is 0. The van der Waals surface area contributed by atoms with Crippen molar-refractivity contribution >= 4 is 11.9 Å². The summed E-state index contributed by atoms with van der Waals surface area (Å²) in [6.45, 7) is 3.61. The van der Waals surface area contributed by atoms with Crippen LogP contribution in [0.1, 0.15) is 226 Å². The fourth-order valence-corrected chi connectivity index (χ4v) is 7.08. The van der Waals surface area contributed by atoms with Crippen LogP contribution in [-0.2, 0) is 23.8 Å². The van der Waals surface area contributed by atoms with Crippen LogP contribution in [0.5, 0.6) is 0 Å². The van der Waals surface area contributed by atoms with Gasteiger partial charge in [0.25, 0.3) is 5.79 Å². The number of hydrogen-bond acceptors (Lipinski definition) is 7. The van der Waals surface area contributed by atoms with Gasteiger partial charge in [-0.15, -0.1) is 0 Å². The van der Waals surface area contributed by atoms with Crippen LogP contribution in [0.25, 0.3) is 0 Å². The molecule has 0 aromatic heterocycles. The van der Waals surface area contributed by atoms with Crippen molar-refractivity contribution in [3.63, 3.8) is 0 Å². The first-order valence-electron chi connectivity index (χ1n) is 21.3. The van der Waals surface area contributed by atoms with E-state index in [0.717, 1.165) is 32.1 Å². The molecule has 7 nitrogen and oxygen atoms in total. The summed E-state index contributed by atoms with van der Waals surface area (Å²) < 4.78 is 17.1. The molecular weight excluding hydrogens is 616 g/mol. The van der Waals surface area contributed by atoms with E-state index in [1.54, 1.807) is 0 Å². The largest absolute Gasteiger partial charge is 0.455 e. The van der Waals surface area contributed by atoms with Gasteiger partial charge < -0.3 is 24.4 Å². The number of ether oxygens (including phenoxy) is 3. The molecule has 290 valence electrons. The Labute approximate surface area is 302 Å². The molecule has 49 heavy (non-hydrogen) atoms. The lowest BCUT2D eigenvalue weighted by Crippen LogP contribution is -2.49. The average molecular weight is 697 g/mol. The van der Waals surface area contributed by atoms with Crippen molar-refractivity contribution in [3.8, 4) is 0 Å².